The van der Waals surface area contributed by atoms with E-state index in [1.54, 1.807) is 12.1 Å². The molecule has 3 rings (SSSR count). The molecule has 0 spiro atoms. The molecule has 3 nitrogen and oxygen atoms in total. The number of carbonyl (C=O) groups excluding carboxylic acids is 1. The van der Waals surface area contributed by atoms with Gasteiger partial charge in [-0.2, -0.15) is 5.26 Å². The number of benzene rings is 2. The SMILES string of the molecule is CCCCc1ccc(C2(C(=O)Oc3ccc(C)cc3C#N)CCCCC2)cc1. The van der Waals surface area contributed by atoms with Crippen LogP contribution in [0.3, 0.4) is 0 Å². The van der Waals surface area contributed by atoms with Crippen LogP contribution in [0.4, 0.5) is 0 Å². The van der Waals surface area contributed by atoms with Crippen LogP contribution in [0.5, 0.6) is 5.75 Å². The molecule has 146 valence electrons. The minimum Gasteiger partial charge on any atom is -0.424 e. The number of ether oxygens (including phenoxy) is 1. The number of nitrogens with zero attached hydrogens (tertiary/aromatic N) is 1. The average Bonchev–Trinajstić information content (AvgIpc) is 2.74. The topological polar surface area (TPSA) is 50.1 Å². The highest BCUT2D eigenvalue weighted by Crippen LogP contribution is 2.41. The van der Waals surface area contributed by atoms with Crippen LogP contribution in [0.15, 0.2) is 42.5 Å². The highest BCUT2D eigenvalue weighted by atomic mass is 16.5. The highest BCUT2D eigenvalue weighted by Gasteiger charge is 2.43. The van der Waals surface area contributed by atoms with E-state index in [0.29, 0.717) is 11.3 Å². The Morgan fingerprint density at radius 2 is 1.82 bits per heavy atom. The summed E-state index contributed by atoms with van der Waals surface area (Å²) in [5.41, 5.74) is 3.14. The van der Waals surface area contributed by atoms with Crippen LogP contribution in [0, 0.1) is 18.3 Å². The zero-order valence-electron chi connectivity index (χ0n) is 17.0. The lowest BCUT2D eigenvalue weighted by molar-refractivity contribution is -0.142. The zero-order valence-corrected chi connectivity index (χ0v) is 17.0. The lowest BCUT2D eigenvalue weighted by Crippen LogP contribution is -2.41. The molecule has 1 fully saturated rings. The minimum absolute atomic E-state index is 0.228. The molecule has 0 unspecified atom stereocenters. The fraction of sp³-hybridized carbons (Fsp3) is 0.440. The first kappa shape index (κ1) is 20.1. The van der Waals surface area contributed by atoms with Crippen molar-refractivity contribution in [2.24, 2.45) is 0 Å². The van der Waals surface area contributed by atoms with E-state index in [-0.39, 0.29) is 5.97 Å². The summed E-state index contributed by atoms with van der Waals surface area (Å²) in [5, 5.41) is 9.41. The first-order chi connectivity index (χ1) is 13.6. The van der Waals surface area contributed by atoms with Gasteiger partial charge < -0.3 is 4.74 Å². The molecule has 0 N–H and O–H groups in total. The van der Waals surface area contributed by atoms with Gasteiger partial charge in [0.05, 0.1) is 11.0 Å². The van der Waals surface area contributed by atoms with Crippen molar-refractivity contribution in [3.8, 4) is 11.8 Å². The van der Waals surface area contributed by atoms with Crippen molar-refractivity contribution in [3.05, 3.63) is 64.7 Å². The van der Waals surface area contributed by atoms with Gasteiger partial charge >= 0.3 is 5.97 Å². The van der Waals surface area contributed by atoms with Gasteiger partial charge in [-0.05, 0) is 61.4 Å². The van der Waals surface area contributed by atoms with Gasteiger partial charge in [-0.15, -0.1) is 0 Å². The first-order valence-corrected chi connectivity index (χ1v) is 10.4. The van der Waals surface area contributed by atoms with Gasteiger partial charge in [-0.3, -0.25) is 4.79 Å². The Morgan fingerprint density at radius 1 is 1.11 bits per heavy atom. The standard InChI is InChI=1S/C25H29NO2/c1-3-4-8-20-10-12-22(13-11-20)25(15-6-5-7-16-25)24(27)28-23-14-9-19(2)17-21(23)18-26/h9-14,17H,3-8,15-16H2,1-2H3. The molecule has 1 saturated carbocycles. The minimum atomic E-state index is -0.612. The van der Waals surface area contributed by atoms with Gasteiger partial charge in [0.15, 0.2) is 0 Å². The second-order valence-electron chi connectivity index (χ2n) is 7.94. The van der Waals surface area contributed by atoms with Crippen LogP contribution in [0.2, 0.25) is 0 Å². The Balaban J connectivity index is 1.89. The Morgan fingerprint density at radius 3 is 2.46 bits per heavy atom. The largest absolute Gasteiger partial charge is 0.424 e. The predicted octanol–water partition coefficient (Wildman–Crippen LogP) is 6.02. The molecule has 0 aromatic heterocycles. The number of unbranched alkanes of at least 4 members (excludes halogenated alkanes) is 1. The molecule has 0 aliphatic heterocycles. The van der Waals surface area contributed by atoms with Crippen molar-refractivity contribution in [1.29, 1.82) is 5.26 Å². The molecule has 0 saturated heterocycles. The summed E-state index contributed by atoms with van der Waals surface area (Å²) in [7, 11) is 0. The van der Waals surface area contributed by atoms with E-state index >= 15 is 0 Å². The molecule has 28 heavy (non-hydrogen) atoms. The van der Waals surface area contributed by atoms with E-state index in [9.17, 15) is 10.1 Å². The normalized spacial score (nSPS) is 15.6. The lowest BCUT2D eigenvalue weighted by Gasteiger charge is -2.35. The Hall–Kier alpha value is -2.60. The Kier molecular flexibility index (Phi) is 6.52. The molecule has 0 amide bonds. The number of hydrogen-bond donors (Lipinski definition) is 0. The zero-order chi connectivity index (χ0) is 20.0. The summed E-state index contributed by atoms with van der Waals surface area (Å²) in [6.45, 7) is 4.12. The van der Waals surface area contributed by atoms with Gasteiger partial charge in [-0.1, -0.05) is 62.9 Å². The van der Waals surface area contributed by atoms with Crippen LogP contribution in [0.25, 0.3) is 0 Å². The van der Waals surface area contributed by atoms with E-state index in [0.717, 1.165) is 49.7 Å². The second kappa shape index (κ2) is 9.06. The summed E-state index contributed by atoms with van der Waals surface area (Å²) in [5.74, 6) is 0.136. The third-order valence-corrected chi connectivity index (χ3v) is 5.88. The predicted molar refractivity (Wildman–Crippen MR) is 111 cm³/mol. The Labute approximate surface area is 168 Å². The van der Waals surface area contributed by atoms with Crippen molar-refractivity contribution < 1.29 is 9.53 Å². The van der Waals surface area contributed by atoms with Crippen molar-refractivity contribution in [2.75, 3.05) is 0 Å². The van der Waals surface area contributed by atoms with Crippen molar-refractivity contribution in [2.45, 2.75) is 70.6 Å². The summed E-state index contributed by atoms with van der Waals surface area (Å²) in [4.78, 5) is 13.4. The van der Waals surface area contributed by atoms with Gasteiger partial charge in [-0.25, -0.2) is 0 Å². The molecule has 1 aliphatic rings. The number of nitriles is 1. The molecule has 0 heterocycles. The number of rotatable bonds is 6. The quantitative estimate of drug-likeness (QED) is 0.458. The maximum Gasteiger partial charge on any atom is 0.321 e. The van der Waals surface area contributed by atoms with E-state index in [1.807, 2.05) is 13.0 Å². The molecular formula is C25H29NO2. The smallest absolute Gasteiger partial charge is 0.321 e. The average molecular weight is 376 g/mol. The number of esters is 1. The van der Waals surface area contributed by atoms with Gasteiger partial charge in [0.1, 0.15) is 11.8 Å². The van der Waals surface area contributed by atoms with E-state index in [2.05, 4.69) is 37.3 Å². The van der Waals surface area contributed by atoms with Gasteiger partial charge in [0.25, 0.3) is 0 Å². The second-order valence-corrected chi connectivity index (χ2v) is 7.94. The van der Waals surface area contributed by atoms with Crippen molar-refractivity contribution >= 4 is 5.97 Å². The van der Waals surface area contributed by atoms with E-state index in [4.69, 9.17) is 4.74 Å². The van der Waals surface area contributed by atoms with Crippen LogP contribution >= 0.6 is 0 Å². The summed E-state index contributed by atoms with van der Waals surface area (Å²) >= 11 is 0. The van der Waals surface area contributed by atoms with Crippen LogP contribution < -0.4 is 4.74 Å². The molecule has 0 atom stereocenters. The molecular weight excluding hydrogens is 346 g/mol. The summed E-state index contributed by atoms with van der Waals surface area (Å²) < 4.78 is 5.82. The molecule has 0 bridgehead atoms. The van der Waals surface area contributed by atoms with Gasteiger partial charge in [0, 0.05) is 0 Å². The highest BCUT2D eigenvalue weighted by molar-refractivity contribution is 5.85. The van der Waals surface area contributed by atoms with E-state index in [1.165, 1.54) is 18.4 Å². The number of carbonyl (C=O) groups is 1. The van der Waals surface area contributed by atoms with E-state index < -0.39 is 5.41 Å². The summed E-state index contributed by atoms with van der Waals surface area (Å²) in [6.07, 6.45) is 8.21. The van der Waals surface area contributed by atoms with Crippen molar-refractivity contribution in [3.63, 3.8) is 0 Å². The van der Waals surface area contributed by atoms with Gasteiger partial charge in [0.2, 0.25) is 0 Å². The molecule has 3 heteroatoms. The molecule has 0 radical (unpaired) electrons. The number of hydrogen-bond acceptors (Lipinski definition) is 3. The maximum atomic E-state index is 13.4. The molecule has 2 aromatic rings. The van der Waals surface area contributed by atoms with Crippen LogP contribution in [-0.4, -0.2) is 5.97 Å². The molecule has 2 aromatic carbocycles. The summed E-state index contributed by atoms with van der Waals surface area (Å²) in [6, 6.07) is 16.0. The monoisotopic (exact) mass is 375 g/mol. The fourth-order valence-electron chi connectivity index (χ4n) is 4.16. The number of aryl methyl sites for hydroxylation is 2. The third-order valence-electron chi connectivity index (χ3n) is 5.88. The lowest BCUT2D eigenvalue weighted by atomic mass is 9.69. The molecule has 1 aliphatic carbocycles. The van der Waals surface area contributed by atoms with Crippen LogP contribution in [0.1, 0.15) is 74.1 Å². The maximum absolute atomic E-state index is 13.4. The van der Waals surface area contributed by atoms with Crippen LogP contribution in [-0.2, 0) is 16.6 Å². The Bertz CT molecular complexity index is 855. The third kappa shape index (κ3) is 4.28. The first-order valence-electron chi connectivity index (χ1n) is 10.4. The van der Waals surface area contributed by atoms with Crippen molar-refractivity contribution in [1.82, 2.24) is 0 Å². The fourth-order valence-corrected chi connectivity index (χ4v) is 4.16.